The summed E-state index contributed by atoms with van der Waals surface area (Å²) in [6.45, 7) is 6.25. The van der Waals surface area contributed by atoms with Crippen molar-refractivity contribution in [1.29, 1.82) is 0 Å². The molecule has 1 aromatic heterocycles. The van der Waals surface area contributed by atoms with Gasteiger partial charge in [-0.1, -0.05) is 15.9 Å². The van der Waals surface area contributed by atoms with Crippen LogP contribution in [0.5, 0.6) is 0 Å². The number of nitrogens with one attached hydrogen (secondary N) is 1. The Bertz CT molecular complexity index is 743. The van der Waals surface area contributed by atoms with Gasteiger partial charge < -0.3 is 9.88 Å². The number of hydrogen-bond donors (Lipinski definition) is 1. The Morgan fingerprint density at radius 1 is 1.00 bits per heavy atom. The maximum absolute atomic E-state index is 3.57. The molecule has 0 saturated carbocycles. The highest BCUT2D eigenvalue weighted by Crippen LogP contribution is 2.32. The summed E-state index contributed by atoms with van der Waals surface area (Å²) in [5, 5.41) is 6.01. The van der Waals surface area contributed by atoms with E-state index in [-0.39, 0.29) is 0 Å². The highest BCUT2D eigenvalue weighted by Gasteiger charge is 2.10. The molecule has 2 aromatic carbocycles. The van der Waals surface area contributed by atoms with Gasteiger partial charge in [-0.3, -0.25) is 0 Å². The van der Waals surface area contributed by atoms with Crippen molar-refractivity contribution in [3.63, 3.8) is 0 Å². The summed E-state index contributed by atoms with van der Waals surface area (Å²) >= 11 is 3.57. The SMILES string of the molecule is CCNc1ccc2c(c1)c1cc(Br)ccc1n2CC. The molecule has 0 aliphatic heterocycles. The van der Waals surface area contributed by atoms with Gasteiger partial charge in [0.2, 0.25) is 0 Å². The monoisotopic (exact) mass is 316 g/mol. The van der Waals surface area contributed by atoms with E-state index in [2.05, 4.69) is 76.1 Å². The maximum Gasteiger partial charge on any atom is 0.0492 e. The van der Waals surface area contributed by atoms with Crippen molar-refractivity contribution in [2.75, 3.05) is 11.9 Å². The number of benzene rings is 2. The van der Waals surface area contributed by atoms with Crippen molar-refractivity contribution < 1.29 is 0 Å². The first-order valence-corrected chi connectivity index (χ1v) is 7.49. The Kier molecular flexibility index (Phi) is 3.23. The number of anilines is 1. The second kappa shape index (κ2) is 4.89. The summed E-state index contributed by atoms with van der Waals surface area (Å²) in [7, 11) is 0. The van der Waals surface area contributed by atoms with Crippen molar-refractivity contribution in [2.45, 2.75) is 20.4 Å². The van der Waals surface area contributed by atoms with Crippen molar-refractivity contribution in [3.8, 4) is 0 Å². The molecule has 2 nitrogen and oxygen atoms in total. The normalized spacial score (nSPS) is 11.3. The zero-order valence-electron chi connectivity index (χ0n) is 11.2. The number of nitrogens with zero attached hydrogens (tertiary/aromatic N) is 1. The lowest BCUT2D eigenvalue weighted by Gasteiger charge is -2.05. The van der Waals surface area contributed by atoms with E-state index in [4.69, 9.17) is 0 Å². The van der Waals surface area contributed by atoms with Gasteiger partial charge in [0, 0.05) is 45.1 Å². The van der Waals surface area contributed by atoms with E-state index < -0.39 is 0 Å². The van der Waals surface area contributed by atoms with Gasteiger partial charge in [-0.05, 0) is 50.2 Å². The fraction of sp³-hybridized carbons (Fsp3) is 0.250. The van der Waals surface area contributed by atoms with Crippen molar-refractivity contribution in [1.82, 2.24) is 4.57 Å². The summed E-state index contributed by atoms with van der Waals surface area (Å²) in [5.74, 6) is 0. The molecule has 0 unspecified atom stereocenters. The first-order valence-electron chi connectivity index (χ1n) is 6.70. The van der Waals surface area contributed by atoms with E-state index in [0.717, 1.165) is 17.6 Å². The maximum atomic E-state index is 3.57. The number of aryl methyl sites for hydroxylation is 1. The molecule has 3 heteroatoms. The Morgan fingerprint density at radius 2 is 1.68 bits per heavy atom. The fourth-order valence-electron chi connectivity index (χ4n) is 2.73. The molecule has 3 rings (SSSR count). The lowest BCUT2D eigenvalue weighted by molar-refractivity contribution is 0.827. The summed E-state index contributed by atoms with van der Waals surface area (Å²) in [5.41, 5.74) is 3.79. The van der Waals surface area contributed by atoms with Crippen LogP contribution in [0.1, 0.15) is 13.8 Å². The van der Waals surface area contributed by atoms with Crippen LogP contribution in [0.25, 0.3) is 21.8 Å². The number of fused-ring (bicyclic) bond motifs is 3. The first-order chi connectivity index (χ1) is 9.24. The third-order valence-corrected chi connectivity index (χ3v) is 4.02. The summed E-state index contributed by atoms with van der Waals surface area (Å²) < 4.78 is 3.50. The highest BCUT2D eigenvalue weighted by atomic mass is 79.9. The molecular formula is C16H17BrN2. The molecular weight excluding hydrogens is 300 g/mol. The predicted molar refractivity (Wildman–Crippen MR) is 87.0 cm³/mol. The molecule has 0 saturated heterocycles. The van der Waals surface area contributed by atoms with Crippen LogP contribution >= 0.6 is 15.9 Å². The number of aromatic nitrogens is 1. The van der Waals surface area contributed by atoms with Crippen molar-refractivity contribution in [3.05, 3.63) is 40.9 Å². The topological polar surface area (TPSA) is 17.0 Å². The quantitative estimate of drug-likeness (QED) is 0.718. The predicted octanol–water partition coefficient (Wildman–Crippen LogP) is 5.01. The van der Waals surface area contributed by atoms with Crippen LogP contribution in [0.15, 0.2) is 40.9 Å². The van der Waals surface area contributed by atoms with Gasteiger partial charge in [-0.2, -0.15) is 0 Å². The molecule has 0 atom stereocenters. The molecule has 3 aromatic rings. The van der Waals surface area contributed by atoms with E-state index in [1.807, 2.05) is 0 Å². The molecule has 1 heterocycles. The Morgan fingerprint density at radius 3 is 2.37 bits per heavy atom. The van der Waals surface area contributed by atoms with Crippen molar-refractivity contribution in [2.24, 2.45) is 0 Å². The highest BCUT2D eigenvalue weighted by molar-refractivity contribution is 9.10. The zero-order valence-corrected chi connectivity index (χ0v) is 12.8. The number of halogens is 1. The fourth-order valence-corrected chi connectivity index (χ4v) is 3.09. The van der Waals surface area contributed by atoms with Crippen molar-refractivity contribution >= 4 is 43.4 Å². The van der Waals surface area contributed by atoms with E-state index in [9.17, 15) is 0 Å². The molecule has 98 valence electrons. The van der Waals surface area contributed by atoms with Gasteiger partial charge in [0.15, 0.2) is 0 Å². The smallest absolute Gasteiger partial charge is 0.0492 e. The second-order valence-electron chi connectivity index (χ2n) is 4.67. The Hall–Kier alpha value is -1.48. The molecule has 0 radical (unpaired) electrons. The lowest BCUT2D eigenvalue weighted by Crippen LogP contribution is -1.96. The number of rotatable bonds is 3. The average molecular weight is 317 g/mol. The van der Waals surface area contributed by atoms with Crippen LogP contribution in [0, 0.1) is 0 Å². The Labute approximate surface area is 121 Å². The molecule has 0 fully saturated rings. The standard InChI is InChI=1S/C16H17BrN2/c1-3-18-12-6-8-16-14(10-12)13-9-11(17)5-7-15(13)19(16)4-2/h5-10,18H,3-4H2,1-2H3. The molecule has 0 aliphatic rings. The van der Waals surface area contributed by atoms with E-state index in [1.165, 1.54) is 27.5 Å². The largest absolute Gasteiger partial charge is 0.385 e. The molecule has 0 amide bonds. The minimum atomic E-state index is 0.946. The minimum absolute atomic E-state index is 0.946. The second-order valence-corrected chi connectivity index (χ2v) is 5.58. The van der Waals surface area contributed by atoms with Crippen LogP contribution < -0.4 is 5.32 Å². The Balaban J connectivity index is 2.38. The molecule has 0 bridgehead atoms. The molecule has 0 aliphatic carbocycles. The van der Waals surface area contributed by atoms with Crippen LogP contribution in [0.3, 0.4) is 0 Å². The van der Waals surface area contributed by atoms with Gasteiger partial charge in [0.05, 0.1) is 0 Å². The summed E-state index contributed by atoms with van der Waals surface area (Å²) in [4.78, 5) is 0. The zero-order chi connectivity index (χ0) is 13.4. The van der Waals surface area contributed by atoms with Crippen LogP contribution in [0.4, 0.5) is 5.69 Å². The van der Waals surface area contributed by atoms with Gasteiger partial charge in [0.1, 0.15) is 0 Å². The first kappa shape index (κ1) is 12.5. The third kappa shape index (κ3) is 2.02. The minimum Gasteiger partial charge on any atom is -0.385 e. The van der Waals surface area contributed by atoms with Crippen LogP contribution in [-0.4, -0.2) is 11.1 Å². The van der Waals surface area contributed by atoms with Gasteiger partial charge >= 0.3 is 0 Å². The lowest BCUT2D eigenvalue weighted by atomic mass is 10.1. The van der Waals surface area contributed by atoms with Gasteiger partial charge in [-0.15, -0.1) is 0 Å². The van der Waals surface area contributed by atoms with Gasteiger partial charge in [0.25, 0.3) is 0 Å². The summed E-state index contributed by atoms with van der Waals surface area (Å²) in [6.07, 6.45) is 0. The van der Waals surface area contributed by atoms with E-state index in [1.54, 1.807) is 0 Å². The number of hydrogen-bond acceptors (Lipinski definition) is 1. The molecule has 19 heavy (non-hydrogen) atoms. The van der Waals surface area contributed by atoms with Crippen LogP contribution in [-0.2, 0) is 6.54 Å². The molecule has 0 spiro atoms. The molecule has 1 N–H and O–H groups in total. The summed E-state index contributed by atoms with van der Waals surface area (Å²) in [6, 6.07) is 13.1. The van der Waals surface area contributed by atoms with E-state index in [0.29, 0.717) is 0 Å². The third-order valence-electron chi connectivity index (χ3n) is 3.52. The van der Waals surface area contributed by atoms with Crippen LogP contribution in [0.2, 0.25) is 0 Å². The average Bonchev–Trinajstić information content (AvgIpc) is 2.72. The van der Waals surface area contributed by atoms with Gasteiger partial charge in [-0.25, -0.2) is 0 Å². The van der Waals surface area contributed by atoms with E-state index >= 15 is 0 Å².